The van der Waals surface area contributed by atoms with Crippen LogP contribution in [0.3, 0.4) is 0 Å². The molecule has 0 unspecified atom stereocenters. The molecule has 3 fully saturated rings. The van der Waals surface area contributed by atoms with Crippen molar-refractivity contribution in [3.63, 3.8) is 0 Å². The maximum Gasteiger partial charge on any atom is 0.409 e. The lowest BCUT2D eigenvalue weighted by Crippen LogP contribution is -2.48. The smallest absolute Gasteiger partial charge is 0.409 e. The van der Waals surface area contributed by atoms with Gasteiger partial charge in [-0.1, -0.05) is 45.0 Å². The van der Waals surface area contributed by atoms with Gasteiger partial charge in [-0.25, -0.2) is 14.7 Å². The predicted octanol–water partition coefficient (Wildman–Crippen LogP) is 8.38. The number of hydrogen-bond acceptors (Lipinski definition) is 13. The van der Waals surface area contributed by atoms with Gasteiger partial charge in [0, 0.05) is 35.8 Å². The Morgan fingerprint density at radius 3 is 2.45 bits per heavy atom. The van der Waals surface area contributed by atoms with Gasteiger partial charge >= 0.3 is 16.3 Å². The maximum absolute atomic E-state index is 15.0. The van der Waals surface area contributed by atoms with Crippen LogP contribution < -0.4 is 19.0 Å². The number of amides is 2. The van der Waals surface area contributed by atoms with Gasteiger partial charge in [0.2, 0.25) is 11.8 Å². The Morgan fingerprint density at radius 2 is 1.78 bits per heavy atom. The van der Waals surface area contributed by atoms with E-state index in [2.05, 4.69) is 16.6 Å². The molecule has 2 saturated carbocycles. The summed E-state index contributed by atoms with van der Waals surface area (Å²) in [6, 6.07) is 13.5. The number of ketones is 1. The van der Waals surface area contributed by atoms with Crippen molar-refractivity contribution in [2.24, 2.45) is 28.6 Å². The number of para-hydroxylation sites is 1. The van der Waals surface area contributed by atoms with Gasteiger partial charge in [-0.15, -0.1) is 17.9 Å². The number of esters is 1. The number of allylic oxidation sites excluding steroid dienone is 1. The lowest BCUT2D eigenvalue weighted by atomic mass is 9.77. The number of carbonyl (C=O) groups is 4. The van der Waals surface area contributed by atoms with Crippen molar-refractivity contribution in [3.8, 4) is 22.9 Å². The molecule has 65 heavy (non-hydrogen) atoms. The highest BCUT2D eigenvalue weighted by atomic mass is 32.2. The lowest BCUT2D eigenvalue weighted by Gasteiger charge is -2.35. The molecule has 3 heterocycles. The SMILES string of the molecule is C=C[C@@H]1C[C@]1(CC(=O)[C@@H]1C[C@@H](Cc2cc(-c3csc(NC(C)C)n3)nc3cc(OC)ccc23)CN1C(=O)[C@@H](CC(=O)OC1CCCC1)C(C)(C)C)C(=O)NS(=O)(=O)Oc1ccccc1C. The first kappa shape index (κ1) is 47.6. The van der Waals surface area contributed by atoms with Crippen molar-refractivity contribution in [2.45, 2.75) is 118 Å². The molecule has 0 radical (unpaired) electrons. The molecule has 0 bridgehead atoms. The van der Waals surface area contributed by atoms with Gasteiger partial charge in [0.25, 0.3) is 0 Å². The van der Waals surface area contributed by atoms with E-state index in [0.717, 1.165) is 41.8 Å². The number of likely N-dealkylation sites (tertiary alicyclic amines) is 1. The summed E-state index contributed by atoms with van der Waals surface area (Å²) in [5, 5.41) is 6.97. The molecule has 2 aromatic heterocycles. The van der Waals surface area contributed by atoms with E-state index in [1.807, 2.05) is 64.3 Å². The Bertz CT molecular complexity index is 2560. The fraction of sp³-hybridized carbons (Fsp3) is 0.510. The highest BCUT2D eigenvalue weighted by Crippen LogP contribution is 2.57. The number of nitrogens with one attached hydrogen (secondary N) is 2. The van der Waals surface area contributed by atoms with Crippen molar-refractivity contribution < 1.29 is 41.3 Å². The number of thiazole rings is 1. The largest absolute Gasteiger partial charge is 0.497 e. The zero-order valence-corrected chi connectivity index (χ0v) is 40.0. The molecule has 2 aliphatic carbocycles. The van der Waals surface area contributed by atoms with E-state index >= 15 is 4.79 Å². The number of nitrogens with zero attached hydrogens (tertiary/aromatic N) is 3. The fourth-order valence-corrected chi connectivity index (χ4v) is 11.1. The van der Waals surface area contributed by atoms with Gasteiger partial charge in [-0.2, -0.15) is 8.42 Å². The van der Waals surface area contributed by atoms with Crippen LogP contribution in [0.4, 0.5) is 5.13 Å². The summed E-state index contributed by atoms with van der Waals surface area (Å²) in [6.45, 7) is 15.6. The monoisotopic (exact) mass is 927 g/mol. The summed E-state index contributed by atoms with van der Waals surface area (Å²) in [5.41, 5.74) is 1.47. The number of ether oxygens (including phenoxy) is 2. The van der Waals surface area contributed by atoms with E-state index in [4.69, 9.17) is 23.6 Å². The van der Waals surface area contributed by atoms with Crippen LogP contribution in [0.15, 0.2) is 66.6 Å². The minimum atomic E-state index is -4.63. The van der Waals surface area contributed by atoms with Gasteiger partial charge in [-0.05, 0) is 118 Å². The average Bonchev–Trinajstić information content (AvgIpc) is 3.65. The normalized spacial score (nSPS) is 21.5. The molecule has 2 aromatic carbocycles. The molecule has 16 heteroatoms. The fourth-order valence-electron chi connectivity index (χ4n) is 9.33. The molecule has 7 rings (SSSR count). The Hall–Kier alpha value is -5.35. The Labute approximate surface area is 386 Å². The topological polar surface area (TPSA) is 183 Å². The van der Waals surface area contributed by atoms with Gasteiger partial charge in [0.15, 0.2) is 10.9 Å². The number of carbonyl (C=O) groups excluding carboxylic acids is 4. The minimum absolute atomic E-state index is 0.0633. The zero-order valence-electron chi connectivity index (χ0n) is 38.3. The highest BCUT2D eigenvalue weighted by Gasteiger charge is 2.61. The van der Waals surface area contributed by atoms with Gasteiger partial charge in [0.05, 0.1) is 42.1 Å². The first-order valence-electron chi connectivity index (χ1n) is 22.5. The molecule has 2 N–H and O–H groups in total. The van der Waals surface area contributed by atoms with Crippen LogP contribution in [0.5, 0.6) is 11.5 Å². The van der Waals surface area contributed by atoms with E-state index in [1.165, 1.54) is 17.4 Å². The Balaban J connectivity index is 1.20. The molecule has 5 atom stereocenters. The highest BCUT2D eigenvalue weighted by molar-refractivity contribution is 7.85. The maximum atomic E-state index is 15.0. The number of fused-ring (bicyclic) bond motifs is 1. The standard InChI is InChI=1S/C49H61N5O9S2/c1-9-33-25-49(33,46(58)53-65(59,60)63-43-17-13-10-14-30(43)4)26-42(55)41-21-31(27-54(41)45(57)37(48(5,6)7)24-44(56)62-34-15-11-12-16-34)20-32-22-39(40-28-64-47(52-40)50-29(2)3)51-38-23-35(61-8)18-19-36(32)38/h9-10,13-14,17-19,22-23,28-29,31,33-34,37,41H,1,11-12,15-16,20-21,24-27H2,2-8H3,(H,50,52)(H,53,58)/t31-,33-,37-,41+,49-/m1/s1. The first-order chi connectivity index (χ1) is 30.8. The molecular weight excluding hydrogens is 867 g/mol. The predicted molar refractivity (Wildman–Crippen MR) is 251 cm³/mol. The molecule has 1 aliphatic heterocycles. The van der Waals surface area contributed by atoms with Gasteiger partial charge in [-0.3, -0.25) is 19.2 Å². The minimum Gasteiger partial charge on any atom is -0.497 e. The number of rotatable bonds is 18. The second-order valence-electron chi connectivity index (χ2n) is 19.3. The van der Waals surface area contributed by atoms with Crippen LogP contribution in [0, 0.1) is 35.5 Å². The molecule has 3 aliphatic rings. The number of anilines is 1. The number of methoxy groups -OCH3 is 1. The van der Waals surface area contributed by atoms with E-state index in [1.54, 1.807) is 43.2 Å². The summed E-state index contributed by atoms with van der Waals surface area (Å²) < 4.78 is 45.2. The van der Waals surface area contributed by atoms with Crippen molar-refractivity contribution in [2.75, 3.05) is 19.0 Å². The number of aryl methyl sites for hydroxylation is 1. The number of hydrogen-bond donors (Lipinski definition) is 2. The van der Waals surface area contributed by atoms with Gasteiger partial charge < -0.3 is 23.9 Å². The van der Waals surface area contributed by atoms with Crippen molar-refractivity contribution in [1.82, 2.24) is 19.6 Å². The van der Waals surface area contributed by atoms with E-state index in [9.17, 15) is 22.8 Å². The molecular formula is C49H61N5O9S2. The van der Waals surface area contributed by atoms with E-state index in [0.29, 0.717) is 34.6 Å². The quantitative estimate of drug-likeness (QED) is 0.0719. The zero-order chi connectivity index (χ0) is 46.8. The van der Waals surface area contributed by atoms with Crippen LogP contribution in [-0.2, 0) is 40.6 Å². The summed E-state index contributed by atoms with van der Waals surface area (Å²) in [6.07, 6.45) is 5.38. The van der Waals surface area contributed by atoms with Crippen molar-refractivity contribution >= 4 is 61.2 Å². The number of Topliss-reactive ketones (excluding diaryl/α,β-unsaturated/α-hetero) is 1. The Kier molecular flexibility index (Phi) is 14.1. The van der Waals surface area contributed by atoms with Crippen LogP contribution >= 0.6 is 11.3 Å². The first-order valence-corrected chi connectivity index (χ1v) is 24.8. The number of pyridine rings is 1. The third-order valence-corrected chi connectivity index (χ3v) is 14.6. The summed E-state index contributed by atoms with van der Waals surface area (Å²) in [5.74, 6) is -2.87. The van der Waals surface area contributed by atoms with Gasteiger partial charge in [0.1, 0.15) is 23.3 Å². The Morgan fingerprint density at radius 1 is 1.05 bits per heavy atom. The third-order valence-electron chi connectivity index (χ3n) is 13.0. The summed E-state index contributed by atoms with van der Waals surface area (Å²) in [7, 11) is -3.03. The molecule has 14 nitrogen and oxygen atoms in total. The van der Waals surface area contributed by atoms with Crippen LogP contribution in [0.2, 0.25) is 0 Å². The third kappa shape index (κ3) is 11.0. The van der Waals surface area contributed by atoms with E-state index in [-0.39, 0.29) is 67.7 Å². The molecule has 2 amide bonds. The summed E-state index contributed by atoms with van der Waals surface area (Å²) >= 11 is 1.49. The van der Waals surface area contributed by atoms with Crippen molar-refractivity contribution in [1.29, 1.82) is 0 Å². The second kappa shape index (κ2) is 19.2. The summed E-state index contributed by atoms with van der Waals surface area (Å²) in [4.78, 5) is 68.8. The average molecular weight is 928 g/mol. The number of aromatic nitrogens is 2. The molecule has 4 aromatic rings. The molecule has 1 saturated heterocycles. The van der Waals surface area contributed by atoms with Crippen LogP contribution in [0.1, 0.15) is 97.1 Å². The van der Waals surface area contributed by atoms with Crippen LogP contribution in [-0.4, -0.2) is 78.7 Å². The second-order valence-corrected chi connectivity index (χ2v) is 21.4. The molecule has 348 valence electrons. The van der Waals surface area contributed by atoms with Crippen molar-refractivity contribution in [3.05, 3.63) is 77.7 Å². The van der Waals surface area contributed by atoms with E-state index < -0.39 is 50.9 Å². The number of benzene rings is 2. The molecule has 0 spiro atoms. The lowest BCUT2D eigenvalue weighted by molar-refractivity contribution is -0.156. The van der Waals surface area contributed by atoms with Crippen LogP contribution in [0.25, 0.3) is 22.3 Å².